The summed E-state index contributed by atoms with van der Waals surface area (Å²) in [7, 11) is 1.56. The Hall–Kier alpha value is -3.16. The number of benzene rings is 2. The number of likely N-dealkylation sites (tertiary alicyclic amines) is 1. The van der Waals surface area contributed by atoms with E-state index >= 15 is 0 Å². The zero-order chi connectivity index (χ0) is 21.6. The number of thiophene rings is 1. The van der Waals surface area contributed by atoms with Crippen molar-refractivity contribution in [3.8, 4) is 5.75 Å². The molecule has 0 bridgehead atoms. The third-order valence-electron chi connectivity index (χ3n) is 5.42. The molecule has 2 heterocycles. The molecule has 1 atom stereocenters. The van der Waals surface area contributed by atoms with Crippen LogP contribution in [-0.2, 0) is 4.79 Å². The average molecular weight is 436 g/mol. The Morgan fingerprint density at radius 2 is 1.90 bits per heavy atom. The van der Waals surface area contributed by atoms with Crippen LogP contribution in [0.3, 0.4) is 0 Å². The third kappa shape index (κ3) is 5.13. The van der Waals surface area contributed by atoms with Crippen LogP contribution in [0.1, 0.15) is 34.8 Å². The van der Waals surface area contributed by atoms with Crippen LogP contribution < -0.4 is 15.4 Å². The fraction of sp³-hybridized carbons (Fsp3) is 0.250. The molecule has 6 nitrogen and oxygen atoms in total. The van der Waals surface area contributed by atoms with Crippen molar-refractivity contribution >= 4 is 34.5 Å². The molecule has 1 unspecified atom stereocenters. The number of methoxy groups -OCH3 is 1. The first-order valence-electron chi connectivity index (χ1n) is 10.2. The lowest BCUT2D eigenvalue weighted by Gasteiger charge is -2.23. The second kappa shape index (κ2) is 9.76. The van der Waals surface area contributed by atoms with E-state index in [1.54, 1.807) is 54.8 Å². The highest BCUT2D eigenvalue weighted by atomic mass is 32.1. The lowest BCUT2D eigenvalue weighted by atomic mass is 10.1. The van der Waals surface area contributed by atoms with Crippen molar-refractivity contribution in [3.63, 3.8) is 0 Å². The molecule has 160 valence electrons. The number of anilines is 2. The second-order valence-corrected chi connectivity index (χ2v) is 8.25. The van der Waals surface area contributed by atoms with Gasteiger partial charge in [0.1, 0.15) is 5.75 Å². The lowest BCUT2D eigenvalue weighted by Crippen LogP contribution is -2.32. The van der Waals surface area contributed by atoms with E-state index in [0.29, 0.717) is 35.3 Å². The summed E-state index contributed by atoms with van der Waals surface area (Å²) < 4.78 is 5.26. The van der Waals surface area contributed by atoms with Crippen molar-refractivity contribution in [3.05, 3.63) is 76.5 Å². The molecule has 4 rings (SSSR count). The smallest absolute Gasteiger partial charge is 0.255 e. The Morgan fingerprint density at radius 3 is 2.65 bits per heavy atom. The van der Waals surface area contributed by atoms with Crippen molar-refractivity contribution in [1.29, 1.82) is 0 Å². The maximum absolute atomic E-state index is 12.6. The molecule has 1 saturated heterocycles. The highest BCUT2D eigenvalue weighted by Gasteiger charge is 2.27. The predicted octanol–water partition coefficient (Wildman–Crippen LogP) is 4.78. The average Bonchev–Trinajstić information content (AvgIpc) is 3.46. The van der Waals surface area contributed by atoms with Gasteiger partial charge in [0.25, 0.3) is 5.91 Å². The highest BCUT2D eigenvalue weighted by molar-refractivity contribution is 7.08. The van der Waals surface area contributed by atoms with Crippen molar-refractivity contribution < 1.29 is 14.3 Å². The van der Waals surface area contributed by atoms with Gasteiger partial charge in [-0.2, -0.15) is 11.3 Å². The number of para-hydroxylation sites is 2. The number of amides is 2. The number of ether oxygens (including phenoxy) is 1. The topological polar surface area (TPSA) is 70.7 Å². The summed E-state index contributed by atoms with van der Waals surface area (Å²) in [5.74, 6) is 0.314. The van der Waals surface area contributed by atoms with Gasteiger partial charge < -0.3 is 15.4 Å². The standard InChI is InChI=1S/C24H25N3O3S/c1-30-22-7-3-2-5-20(22)26-24(29)17-8-10-19(11-9-17)25-23(28)15-27-13-4-6-21(27)18-12-14-31-16-18/h2-3,5,7-12,14,16,21H,4,6,13,15H2,1H3,(H,25,28)(H,26,29). The fourth-order valence-corrected chi connectivity index (χ4v) is 4.60. The van der Waals surface area contributed by atoms with Gasteiger partial charge in [0.05, 0.1) is 19.3 Å². The molecule has 1 aromatic heterocycles. The predicted molar refractivity (Wildman–Crippen MR) is 124 cm³/mol. The van der Waals surface area contributed by atoms with E-state index in [9.17, 15) is 9.59 Å². The maximum atomic E-state index is 12.6. The summed E-state index contributed by atoms with van der Waals surface area (Å²) in [5, 5.41) is 10.0. The van der Waals surface area contributed by atoms with Gasteiger partial charge >= 0.3 is 0 Å². The number of hydrogen-bond donors (Lipinski definition) is 2. The highest BCUT2D eigenvalue weighted by Crippen LogP contribution is 2.32. The molecule has 2 amide bonds. The largest absolute Gasteiger partial charge is 0.495 e. The van der Waals surface area contributed by atoms with Crippen LogP contribution in [0, 0.1) is 0 Å². The summed E-state index contributed by atoms with van der Waals surface area (Å²) in [6.07, 6.45) is 2.18. The molecule has 1 aliphatic heterocycles. The Balaban J connectivity index is 1.34. The van der Waals surface area contributed by atoms with Gasteiger partial charge in [-0.05, 0) is 78.2 Å². The van der Waals surface area contributed by atoms with Gasteiger partial charge in [0.15, 0.2) is 0 Å². The lowest BCUT2D eigenvalue weighted by molar-refractivity contribution is -0.117. The van der Waals surface area contributed by atoms with Crippen LogP contribution in [-0.4, -0.2) is 36.9 Å². The van der Waals surface area contributed by atoms with Crippen molar-refractivity contribution in [1.82, 2.24) is 4.90 Å². The minimum atomic E-state index is -0.238. The first-order valence-corrected chi connectivity index (χ1v) is 11.2. The van der Waals surface area contributed by atoms with E-state index in [1.165, 1.54) is 5.56 Å². The number of carbonyl (C=O) groups excluding carboxylic acids is 2. The Bertz CT molecular complexity index is 1030. The van der Waals surface area contributed by atoms with Gasteiger partial charge in [0.2, 0.25) is 5.91 Å². The van der Waals surface area contributed by atoms with Crippen LogP contribution in [0.2, 0.25) is 0 Å². The van der Waals surface area contributed by atoms with Gasteiger partial charge in [-0.15, -0.1) is 0 Å². The van der Waals surface area contributed by atoms with E-state index in [0.717, 1.165) is 19.4 Å². The zero-order valence-electron chi connectivity index (χ0n) is 17.3. The van der Waals surface area contributed by atoms with Crippen LogP contribution in [0.5, 0.6) is 5.75 Å². The number of hydrogen-bond acceptors (Lipinski definition) is 5. The van der Waals surface area contributed by atoms with E-state index < -0.39 is 0 Å². The van der Waals surface area contributed by atoms with Gasteiger partial charge in [-0.25, -0.2) is 0 Å². The molecule has 0 spiro atoms. The number of nitrogens with zero attached hydrogens (tertiary/aromatic N) is 1. The second-order valence-electron chi connectivity index (χ2n) is 7.47. The number of rotatable bonds is 7. The quantitative estimate of drug-likeness (QED) is 0.560. The number of nitrogens with one attached hydrogen (secondary N) is 2. The molecular formula is C24H25N3O3S. The Morgan fingerprint density at radius 1 is 1.10 bits per heavy atom. The van der Waals surface area contributed by atoms with Crippen LogP contribution in [0.25, 0.3) is 0 Å². The molecule has 2 aromatic carbocycles. The molecule has 1 aliphatic rings. The molecular weight excluding hydrogens is 410 g/mol. The summed E-state index contributed by atoms with van der Waals surface area (Å²) in [5.41, 5.74) is 3.07. The summed E-state index contributed by atoms with van der Waals surface area (Å²) in [6, 6.07) is 16.6. The van der Waals surface area contributed by atoms with Crippen LogP contribution in [0.4, 0.5) is 11.4 Å². The summed E-state index contributed by atoms with van der Waals surface area (Å²) >= 11 is 1.69. The molecule has 7 heteroatoms. The zero-order valence-corrected chi connectivity index (χ0v) is 18.2. The first-order chi connectivity index (χ1) is 15.1. The van der Waals surface area contributed by atoms with Gasteiger partial charge in [0, 0.05) is 17.3 Å². The minimum Gasteiger partial charge on any atom is -0.495 e. The normalized spacial score (nSPS) is 16.1. The fourth-order valence-electron chi connectivity index (χ4n) is 3.89. The molecule has 31 heavy (non-hydrogen) atoms. The molecule has 0 saturated carbocycles. The number of carbonyl (C=O) groups is 2. The van der Waals surface area contributed by atoms with Crippen LogP contribution in [0.15, 0.2) is 65.4 Å². The van der Waals surface area contributed by atoms with E-state index in [4.69, 9.17) is 4.74 Å². The molecule has 2 N–H and O–H groups in total. The van der Waals surface area contributed by atoms with Crippen LogP contribution >= 0.6 is 11.3 Å². The van der Waals surface area contributed by atoms with Gasteiger partial charge in [-0.1, -0.05) is 12.1 Å². The van der Waals surface area contributed by atoms with E-state index in [1.807, 2.05) is 12.1 Å². The maximum Gasteiger partial charge on any atom is 0.255 e. The van der Waals surface area contributed by atoms with Crippen molar-refractivity contribution in [2.75, 3.05) is 30.8 Å². The molecule has 0 radical (unpaired) electrons. The first kappa shape index (κ1) is 21.1. The molecule has 3 aromatic rings. The van der Waals surface area contributed by atoms with Crippen molar-refractivity contribution in [2.45, 2.75) is 18.9 Å². The molecule has 1 fully saturated rings. The SMILES string of the molecule is COc1ccccc1NC(=O)c1ccc(NC(=O)CN2CCCC2c2ccsc2)cc1. The van der Waals surface area contributed by atoms with Gasteiger partial charge in [-0.3, -0.25) is 14.5 Å². The summed E-state index contributed by atoms with van der Waals surface area (Å²) in [6.45, 7) is 1.28. The minimum absolute atomic E-state index is 0.0478. The van der Waals surface area contributed by atoms with E-state index in [-0.39, 0.29) is 11.8 Å². The Kier molecular flexibility index (Phi) is 6.64. The third-order valence-corrected chi connectivity index (χ3v) is 6.13. The van der Waals surface area contributed by atoms with E-state index in [2.05, 4.69) is 32.4 Å². The monoisotopic (exact) mass is 435 g/mol. The Labute approximate surface area is 185 Å². The van der Waals surface area contributed by atoms with Crippen molar-refractivity contribution in [2.24, 2.45) is 0 Å². The summed E-state index contributed by atoms with van der Waals surface area (Å²) in [4.78, 5) is 27.3. The molecule has 0 aliphatic carbocycles.